The van der Waals surface area contributed by atoms with Gasteiger partial charge in [-0.25, -0.2) is 0 Å². The minimum atomic E-state index is -0.804. The van der Waals surface area contributed by atoms with Gasteiger partial charge in [-0.2, -0.15) is 0 Å². The number of anilines is 2. The van der Waals surface area contributed by atoms with Crippen molar-refractivity contribution in [2.75, 3.05) is 29.9 Å². The van der Waals surface area contributed by atoms with Gasteiger partial charge < -0.3 is 14.9 Å². The van der Waals surface area contributed by atoms with E-state index in [1.807, 2.05) is 35.0 Å². The van der Waals surface area contributed by atoms with Crippen molar-refractivity contribution in [1.29, 1.82) is 0 Å². The molecule has 0 radical (unpaired) electrons. The summed E-state index contributed by atoms with van der Waals surface area (Å²) in [5, 5.41) is 8.74. The molecule has 2 rings (SSSR count). The normalized spacial score (nSPS) is 13.7. The van der Waals surface area contributed by atoms with Crippen molar-refractivity contribution in [3.05, 3.63) is 23.8 Å². The molecule has 5 heteroatoms. The van der Waals surface area contributed by atoms with Crippen LogP contribution < -0.4 is 9.80 Å². The highest BCUT2D eigenvalue weighted by molar-refractivity contribution is 6.01. The lowest BCUT2D eigenvalue weighted by molar-refractivity contribution is -0.136. The first-order chi connectivity index (χ1) is 9.88. The third-order valence-corrected chi connectivity index (χ3v) is 3.65. The molecule has 1 aliphatic heterocycles. The molecule has 114 valence electrons. The zero-order valence-corrected chi connectivity index (χ0v) is 12.8. The number of carbonyl (C=O) groups is 2. The fourth-order valence-corrected chi connectivity index (χ4v) is 2.56. The molecule has 0 aliphatic carbocycles. The average molecular weight is 290 g/mol. The van der Waals surface area contributed by atoms with Crippen molar-refractivity contribution >= 4 is 23.3 Å². The molecule has 1 aromatic carbocycles. The van der Waals surface area contributed by atoms with Crippen molar-refractivity contribution < 1.29 is 14.7 Å². The highest BCUT2D eigenvalue weighted by atomic mass is 16.4. The van der Waals surface area contributed by atoms with Crippen LogP contribution in [0.4, 0.5) is 11.4 Å². The molecule has 0 fully saturated rings. The molecule has 0 aromatic heterocycles. The van der Waals surface area contributed by atoms with Gasteiger partial charge in [-0.15, -0.1) is 0 Å². The first-order valence-corrected chi connectivity index (χ1v) is 7.24. The monoisotopic (exact) mass is 290 g/mol. The van der Waals surface area contributed by atoms with Crippen LogP contribution in [0.5, 0.6) is 0 Å². The van der Waals surface area contributed by atoms with Gasteiger partial charge in [-0.1, -0.05) is 13.8 Å². The number of aliphatic carboxylic acids is 1. The summed E-state index contributed by atoms with van der Waals surface area (Å²) in [6.07, 6.45) is 0.536. The van der Waals surface area contributed by atoms with E-state index in [0.717, 1.165) is 23.5 Å². The second kappa shape index (κ2) is 6.16. The van der Waals surface area contributed by atoms with Gasteiger partial charge in [0.1, 0.15) is 0 Å². The van der Waals surface area contributed by atoms with E-state index >= 15 is 0 Å². The molecule has 0 unspecified atom stereocenters. The minimum absolute atomic E-state index is 0.103. The van der Waals surface area contributed by atoms with Crippen LogP contribution in [0.1, 0.15) is 25.8 Å². The molecule has 1 aromatic rings. The molecule has 21 heavy (non-hydrogen) atoms. The first kappa shape index (κ1) is 15.4. The van der Waals surface area contributed by atoms with Crippen molar-refractivity contribution in [1.82, 2.24) is 0 Å². The van der Waals surface area contributed by atoms with Gasteiger partial charge in [0.05, 0.1) is 12.8 Å². The summed E-state index contributed by atoms with van der Waals surface area (Å²) < 4.78 is 0. The number of amides is 1. The van der Waals surface area contributed by atoms with Crippen molar-refractivity contribution in [3.8, 4) is 0 Å². The molecule has 0 saturated carbocycles. The van der Waals surface area contributed by atoms with E-state index in [-0.39, 0.29) is 12.3 Å². The van der Waals surface area contributed by atoms with E-state index < -0.39 is 5.97 Å². The molecule has 1 N–H and O–H groups in total. The maximum absolute atomic E-state index is 12.1. The van der Waals surface area contributed by atoms with Crippen LogP contribution in [0.3, 0.4) is 0 Å². The number of carboxylic acid groups (broad SMARTS) is 1. The van der Waals surface area contributed by atoms with Crippen LogP contribution in [-0.2, 0) is 16.0 Å². The van der Waals surface area contributed by atoms with Crippen molar-refractivity contribution in [3.63, 3.8) is 0 Å². The van der Waals surface area contributed by atoms with E-state index in [0.29, 0.717) is 18.9 Å². The first-order valence-electron chi connectivity index (χ1n) is 7.24. The number of carboxylic acids is 1. The highest BCUT2D eigenvalue weighted by Gasteiger charge is 2.27. The van der Waals surface area contributed by atoms with Gasteiger partial charge in [0.15, 0.2) is 0 Å². The Hall–Kier alpha value is -2.04. The standard InChI is InChI=1S/C16H22N2O3/c1-11(2)10-18-14-5-4-13(8-12(14)9-15(18)19)17(3)7-6-16(20)21/h4-5,8,11H,6-7,9-10H2,1-3H3,(H,20,21). The molecule has 1 amide bonds. The summed E-state index contributed by atoms with van der Waals surface area (Å²) in [6, 6.07) is 5.91. The minimum Gasteiger partial charge on any atom is -0.481 e. The fourth-order valence-electron chi connectivity index (χ4n) is 2.56. The Kier molecular flexibility index (Phi) is 4.50. The maximum Gasteiger partial charge on any atom is 0.305 e. The topological polar surface area (TPSA) is 60.9 Å². The SMILES string of the molecule is CC(C)CN1C(=O)Cc2cc(N(C)CCC(=O)O)ccc21. The number of nitrogens with zero attached hydrogens (tertiary/aromatic N) is 2. The average Bonchev–Trinajstić information content (AvgIpc) is 2.71. The number of carbonyl (C=O) groups excluding carboxylic acids is 1. The summed E-state index contributed by atoms with van der Waals surface area (Å²) in [5.74, 6) is -0.233. The lowest BCUT2D eigenvalue weighted by Gasteiger charge is -2.22. The van der Waals surface area contributed by atoms with Gasteiger partial charge >= 0.3 is 5.97 Å². The van der Waals surface area contributed by atoms with E-state index in [2.05, 4.69) is 13.8 Å². The van der Waals surface area contributed by atoms with Gasteiger partial charge in [0.2, 0.25) is 5.91 Å². The van der Waals surface area contributed by atoms with E-state index in [1.54, 1.807) is 0 Å². The number of hydrogen-bond acceptors (Lipinski definition) is 3. The van der Waals surface area contributed by atoms with Gasteiger partial charge in [0.25, 0.3) is 0 Å². The Morgan fingerprint density at radius 3 is 2.76 bits per heavy atom. The molecule has 1 heterocycles. The van der Waals surface area contributed by atoms with Crippen LogP contribution >= 0.6 is 0 Å². The Balaban J connectivity index is 2.15. The van der Waals surface area contributed by atoms with E-state index in [4.69, 9.17) is 5.11 Å². The summed E-state index contributed by atoms with van der Waals surface area (Å²) in [6.45, 7) is 5.39. The smallest absolute Gasteiger partial charge is 0.305 e. The van der Waals surface area contributed by atoms with E-state index in [1.165, 1.54) is 0 Å². The summed E-state index contributed by atoms with van der Waals surface area (Å²) >= 11 is 0. The Labute approximate surface area is 125 Å². The lowest BCUT2D eigenvalue weighted by atomic mass is 10.1. The maximum atomic E-state index is 12.1. The van der Waals surface area contributed by atoms with Crippen LogP contribution in [0, 0.1) is 5.92 Å². The molecule has 0 saturated heterocycles. The number of hydrogen-bond donors (Lipinski definition) is 1. The highest BCUT2D eigenvalue weighted by Crippen LogP contribution is 2.32. The zero-order chi connectivity index (χ0) is 15.6. The Morgan fingerprint density at radius 2 is 2.14 bits per heavy atom. The Morgan fingerprint density at radius 1 is 1.43 bits per heavy atom. The summed E-state index contributed by atoms with van der Waals surface area (Å²) in [4.78, 5) is 26.5. The summed E-state index contributed by atoms with van der Waals surface area (Å²) in [5.41, 5.74) is 2.97. The van der Waals surface area contributed by atoms with Crippen LogP contribution in [0.2, 0.25) is 0 Å². The van der Waals surface area contributed by atoms with Crippen LogP contribution in [0.15, 0.2) is 18.2 Å². The van der Waals surface area contributed by atoms with Gasteiger partial charge in [-0.3, -0.25) is 9.59 Å². The predicted molar refractivity (Wildman–Crippen MR) is 82.9 cm³/mol. The number of benzene rings is 1. The molecule has 0 spiro atoms. The second-order valence-corrected chi connectivity index (χ2v) is 5.95. The van der Waals surface area contributed by atoms with Gasteiger partial charge in [-0.05, 0) is 29.7 Å². The van der Waals surface area contributed by atoms with Crippen LogP contribution in [0.25, 0.3) is 0 Å². The molecule has 5 nitrogen and oxygen atoms in total. The molecular weight excluding hydrogens is 268 g/mol. The number of fused-ring (bicyclic) bond motifs is 1. The third-order valence-electron chi connectivity index (χ3n) is 3.65. The molecule has 1 aliphatic rings. The Bertz CT molecular complexity index is 554. The van der Waals surface area contributed by atoms with Gasteiger partial charge in [0, 0.05) is 31.5 Å². The van der Waals surface area contributed by atoms with Crippen molar-refractivity contribution in [2.45, 2.75) is 26.7 Å². The molecular formula is C16H22N2O3. The largest absolute Gasteiger partial charge is 0.481 e. The summed E-state index contributed by atoms with van der Waals surface area (Å²) in [7, 11) is 1.87. The van der Waals surface area contributed by atoms with Crippen molar-refractivity contribution in [2.24, 2.45) is 5.92 Å². The lowest BCUT2D eigenvalue weighted by Crippen LogP contribution is -2.30. The van der Waals surface area contributed by atoms with E-state index in [9.17, 15) is 9.59 Å². The predicted octanol–water partition coefficient (Wildman–Crippen LogP) is 2.14. The second-order valence-electron chi connectivity index (χ2n) is 5.95. The van der Waals surface area contributed by atoms with Crippen LogP contribution in [-0.4, -0.2) is 37.1 Å². The molecule has 0 atom stereocenters. The third kappa shape index (κ3) is 3.54. The quantitative estimate of drug-likeness (QED) is 0.872. The zero-order valence-electron chi connectivity index (χ0n) is 12.8. The molecule has 0 bridgehead atoms. The fraction of sp³-hybridized carbons (Fsp3) is 0.500. The number of rotatable bonds is 6.